The molecule has 0 unspecified atom stereocenters. The maximum absolute atomic E-state index is 5.88. The number of nitrogens with two attached hydrogens (primary N) is 1. The van der Waals surface area contributed by atoms with Crippen molar-refractivity contribution in [1.29, 1.82) is 0 Å². The standard InChI is InChI=1S/C11H19N3S/c1-13-4-6-14(7-5-13)10(9-12)11-3-2-8-15-11/h2-3,8,10H,4-7,9,12H2,1H3/t10-/m0/s1. The fourth-order valence-corrected chi connectivity index (χ4v) is 2.93. The molecule has 1 saturated heterocycles. The summed E-state index contributed by atoms with van der Waals surface area (Å²) in [5.74, 6) is 0. The smallest absolute Gasteiger partial charge is 0.0565 e. The van der Waals surface area contributed by atoms with Gasteiger partial charge in [-0.3, -0.25) is 4.90 Å². The van der Waals surface area contributed by atoms with Gasteiger partial charge in [-0.25, -0.2) is 0 Å². The lowest BCUT2D eigenvalue weighted by Gasteiger charge is -2.37. The predicted molar refractivity (Wildman–Crippen MR) is 65.2 cm³/mol. The van der Waals surface area contributed by atoms with Crippen molar-refractivity contribution in [3.05, 3.63) is 22.4 Å². The van der Waals surface area contributed by atoms with Crippen molar-refractivity contribution >= 4 is 11.3 Å². The summed E-state index contributed by atoms with van der Waals surface area (Å²) in [4.78, 5) is 6.28. The zero-order valence-electron chi connectivity index (χ0n) is 9.22. The second-order valence-corrected chi connectivity index (χ2v) is 5.09. The van der Waals surface area contributed by atoms with Crippen LogP contribution in [0.5, 0.6) is 0 Å². The summed E-state index contributed by atoms with van der Waals surface area (Å²) in [6.45, 7) is 5.31. The first kappa shape index (κ1) is 11.1. The summed E-state index contributed by atoms with van der Waals surface area (Å²) >= 11 is 1.81. The highest BCUT2D eigenvalue weighted by molar-refractivity contribution is 7.10. The van der Waals surface area contributed by atoms with Crippen molar-refractivity contribution in [2.75, 3.05) is 39.8 Å². The van der Waals surface area contributed by atoms with Crippen LogP contribution in [0.4, 0.5) is 0 Å². The van der Waals surface area contributed by atoms with E-state index in [4.69, 9.17) is 5.73 Å². The Balaban J connectivity index is 2.01. The van der Waals surface area contributed by atoms with Gasteiger partial charge in [0.25, 0.3) is 0 Å². The summed E-state index contributed by atoms with van der Waals surface area (Å²) in [5.41, 5.74) is 5.88. The van der Waals surface area contributed by atoms with Gasteiger partial charge >= 0.3 is 0 Å². The van der Waals surface area contributed by atoms with Crippen LogP contribution in [0, 0.1) is 0 Å². The third-order valence-electron chi connectivity index (χ3n) is 3.07. The lowest BCUT2D eigenvalue weighted by atomic mass is 10.2. The van der Waals surface area contributed by atoms with E-state index >= 15 is 0 Å². The Bertz CT molecular complexity index is 278. The number of rotatable bonds is 3. The maximum atomic E-state index is 5.88. The summed E-state index contributed by atoms with van der Waals surface area (Å²) in [5, 5.41) is 2.13. The molecule has 2 rings (SSSR count). The van der Waals surface area contributed by atoms with Crippen LogP contribution in [0.1, 0.15) is 10.9 Å². The quantitative estimate of drug-likeness (QED) is 0.833. The van der Waals surface area contributed by atoms with E-state index in [1.807, 2.05) is 11.3 Å². The molecule has 0 amide bonds. The number of hydrogen-bond donors (Lipinski definition) is 1. The highest BCUT2D eigenvalue weighted by Crippen LogP contribution is 2.24. The maximum Gasteiger partial charge on any atom is 0.0565 e. The van der Waals surface area contributed by atoms with Gasteiger partial charge in [-0.2, -0.15) is 0 Å². The lowest BCUT2D eigenvalue weighted by Crippen LogP contribution is -2.47. The van der Waals surface area contributed by atoms with Crippen molar-refractivity contribution in [2.45, 2.75) is 6.04 Å². The van der Waals surface area contributed by atoms with Crippen LogP contribution in [0.2, 0.25) is 0 Å². The molecule has 0 saturated carbocycles. The van der Waals surface area contributed by atoms with Crippen molar-refractivity contribution in [2.24, 2.45) is 5.73 Å². The molecule has 0 bridgehead atoms. The van der Waals surface area contributed by atoms with Crippen LogP contribution < -0.4 is 5.73 Å². The second kappa shape index (κ2) is 5.07. The summed E-state index contributed by atoms with van der Waals surface area (Å²) in [6, 6.07) is 4.73. The Morgan fingerprint density at radius 1 is 1.40 bits per heavy atom. The van der Waals surface area contributed by atoms with E-state index in [2.05, 4.69) is 34.4 Å². The minimum atomic E-state index is 0.429. The van der Waals surface area contributed by atoms with Crippen LogP contribution in [-0.2, 0) is 0 Å². The number of hydrogen-bond acceptors (Lipinski definition) is 4. The second-order valence-electron chi connectivity index (χ2n) is 4.11. The highest BCUT2D eigenvalue weighted by atomic mass is 32.1. The Morgan fingerprint density at radius 3 is 2.67 bits per heavy atom. The van der Waals surface area contributed by atoms with Gasteiger partial charge in [0.05, 0.1) is 6.04 Å². The molecule has 1 atom stereocenters. The van der Waals surface area contributed by atoms with E-state index in [9.17, 15) is 0 Å². The van der Waals surface area contributed by atoms with E-state index < -0.39 is 0 Å². The molecule has 0 spiro atoms. The monoisotopic (exact) mass is 225 g/mol. The molecule has 0 aliphatic carbocycles. The molecule has 1 aliphatic heterocycles. The average Bonchev–Trinajstić information content (AvgIpc) is 2.75. The minimum absolute atomic E-state index is 0.429. The van der Waals surface area contributed by atoms with Gasteiger partial charge in [0.2, 0.25) is 0 Å². The van der Waals surface area contributed by atoms with Crippen LogP contribution in [-0.4, -0.2) is 49.6 Å². The zero-order chi connectivity index (χ0) is 10.7. The summed E-state index contributed by atoms with van der Waals surface area (Å²) in [6.07, 6.45) is 0. The molecule has 1 aromatic heterocycles. The van der Waals surface area contributed by atoms with E-state index in [0.29, 0.717) is 6.04 Å². The lowest BCUT2D eigenvalue weighted by molar-refractivity contribution is 0.116. The Hall–Kier alpha value is -0.420. The van der Waals surface area contributed by atoms with Crippen LogP contribution >= 0.6 is 11.3 Å². The van der Waals surface area contributed by atoms with Crippen LogP contribution in [0.3, 0.4) is 0 Å². The van der Waals surface area contributed by atoms with Crippen molar-refractivity contribution in [3.8, 4) is 0 Å². The Kier molecular flexibility index (Phi) is 3.75. The highest BCUT2D eigenvalue weighted by Gasteiger charge is 2.22. The molecule has 1 fully saturated rings. The zero-order valence-corrected chi connectivity index (χ0v) is 10.0. The van der Waals surface area contributed by atoms with Crippen LogP contribution in [0.25, 0.3) is 0 Å². The first-order valence-electron chi connectivity index (χ1n) is 5.47. The molecular formula is C11H19N3S. The Labute approximate surface area is 95.5 Å². The molecule has 0 aromatic carbocycles. The van der Waals surface area contributed by atoms with Crippen LogP contribution in [0.15, 0.2) is 17.5 Å². The van der Waals surface area contributed by atoms with Crippen molar-refractivity contribution < 1.29 is 0 Å². The van der Waals surface area contributed by atoms with Gasteiger partial charge in [-0.1, -0.05) is 6.07 Å². The number of likely N-dealkylation sites (N-methyl/N-ethyl adjacent to an activating group) is 1. The molecule has 4 heteroatoms. The molecule has 3 nitrogen and oxygen atoms in total. The number of thiophene rings is 1. The average molecular weight is 225 g/mol. The van der Waals surface area contributed by atoms with Gasteiger partial charge in [-0.05, 0) is 18.5 Å². The van der Waals surface area contributed by atoms with Gasteiger partial charge < -0.3 is 10.6 Å². The molecule has 2 heterocycles. The van der Waals surface area contributed by atoms with Gasteiger partial charge in [-0.15, -0.1) is 11.3 Å². The van der Waals surface area contributed by atoms with E-state index in [0.717, 1.165) is 32.7 Å². The fourth-order valence-electron chi connectivity index (χ4n) is 2.06. The molecule has 1 aromatic rings. The predicted octanol–water partition coefficient (Wildman–Crippen LogP) is 0.995. The van der Waals surface area contributed by atoms with Crippen molar-refractivity contribution in [3.63, 3.8) is 0 Å². The van der Waals surface area contributed by atoms with Gasteiger partial charge in [0.1, 0.15) is 0 Å². The minimum Gasteiger partial charge on any atom is -0.329 e. The normalized spacial score (nSPS) is 21.7. The molecule has 1 aliphatic rings. The largest absolute Gasteiger partial charge is 0.329 e. The number of piperazine rings is 1. The third kappa shape index (κ3) is 2.58. The van der Waals surface area contributed by atoms with E-state index in [1.165, 1.54) is 4.88 Å². The van der Waals surface area contributed by atoms with Gasteiger partial charge in [0, 0.05) is 37.6 Å². The molecule has 2 N–H and O–H groups in total. The summed E-state index contributed by atoms with van der Waals surface area (Å²) in [7, 11) is 2.18. The topological polar surface area (TPSA) is 32.5 Å². The van der Waals surface area contributed by atoms with E-state index in [1.54, 1.807) is 0 Å². The first-order chi connectivity index (χ1) is 7.31. The Morgan fingerprint density at radius 2 is 2.13 bits per heavy atom. The molecule has 84 valence electrons. The number of nitrogens with zero attached hydrogens (tertiary/aromatic N) is 2. The van der Waals surface area contributed by atoms with Crippen molar-refractivity contribution in [1.82, 2.24) is 9.80 Å². The molecule has 15 heavy (non-hydrogen) atoms. The van der Waals surface area contributed by atoms with Gasteiger partial charge in [0.15, 0.2) is 0 Å². The summed E-state index contributed by atoms with van der Waals surface area (Å²) < 4.78 is 0. The first-order valence-corrected chi connectivity index (χ1v) is 6.35. The third-order valence-corrected chi connectivity index (χ3v) is 4.05. The van der Waals surface area contributed by atoms with E-state index in [-0.39, 0.29) is 0 Å². The SMILES string of the molecule is CN1CCN([C@@H](CN)c2cccs2)CC1. The fraction of sp³-hybridized carbons (Fsp3) is 0.636. The molecule has 0 radical (unpaired) electrons. The molecular weight excluding hydrogens is 206 g/mol.